The summed E-state index contributed by atoms with van der Waals surface area (Å²) < 4.78 is 16.5. The molecule has 0 bridgehead atoms. The predicted molar refractivity (Wildman–Crippen MR) is 71.2 cm³/mol. The lowest BCUT2D eigenvalue weighted by molar-refractivity contribution is 0.0585. The van der Waals surface area contributed by atoms with Crippen molar-refractivity contribution < 1.29 is 9.09 Å². The molecule has 0 saturated carbocycles. The van der Waals surface area contributed by atoms with Crippen LogP contribution in [0, 0.1) is 0 Å². The Morgan fingerprint density at radius 2 is 1.82 bits per heavy atom. The minimum atomic E-state index is -0.380. The zero-order chi connectivity index (χ0) is 12.6. The molecule has 0 fully saturated rings. The Labute approximate surface area is 106 Å². The van der Waals surface area contributed by atoms with Crippen molar-refractivity contribution in [2.75, 3.05) is 0 Å². The normalized spacial score (nSPS) is 14.7. The van der Waals surface area contributed by atoms with Crippen molar-refractivity contribution in [3.63, 3.8) is 0 Å². The largest absolute Gasteiger partial charge is 0.328 e. The van der Waals surface area contributed by atoms with Gasteiger partial charge in [0.15, 0.2) is 0 Å². The lowest BCUT2D eigenvalue weighted by atomic mass is 9.85. The van der Waals surface area contributed by atoms with Crippen LogP contribution in [0.4, 0.5) is 0 Å². The summed E-state index contributed by atoms with van der Waals surface area (Å²) in [7, 11) is -0.225. The Bertz CT molecular complexity index is 326. The molecule has 0 amide bonds. The Morgan fingerprint density at radius 1 is 1.12 bits per heavy atom. The van der Waals surface area contributed by atoms with E-state index >= 15 is 0 Å². The molecule has 94 valence electrons. The fourth-order valence-electron chi connectivity index (χ4n) is 2.24. The summed E-state index contributed by atoms with van der Waals surface area (Å²) in [5.41, 5.74) is 0.758. The van der Waals surface area contributed by atoms with E-state index in [1.807, 2.05) is 18.2 Å². The number of rotatable bonds is 8. The van der Waals surface area contributed by atoms with E-state index < -0.39 is 0 Å². The Kier molecular flexibility index (Phi) is 6.39. The van der Waals surface area contributed by atoms with Gasteiger partial charge in [-0.3, -0.25) is 4.52 Å². The van der Waals surface area contributed by atoms with Crippen molar-refractivity contribution in [3.05, 3.63) is 35.9 Å². The standard InChI is InChI=1S/C14H21O2P/c1-3-5-12-14(11-4-2,16-17-15)13-9-7-6-8-10-13/h6-10H,3-5,11-12H2,1-2H3. The second-order valence-corrected chi connectivity index (χ2v) is 4.71. The minimum absolute atomic E-state index is 0.225. The zero-order valence-corrected chi connectivity index (χ0v) is 11.6. The van der Waals surface area contributed by atoms with Crippen molar-refractivity contribution in [2.24, 2.45) is 0 Å². The van der Waals surface area contributed by atoms with Crippen LogP contribution in [0.1, 0.15) is 51.5 Å². The molecule has 0 N–H and O–H groups in total. The molecule has 0 saturated heterocycles. The molecule has 0 aliphatic rings. The molecule has 1 rings (SSSR count). The summed E-state index contributed by atoms with van der Waals surface area (Å²) in [4.78, 5) is 0. The van der Waals surface area contributed by atoms with E-state index in [4.69, 9.17) is 4.52 Å². The van der Waals surface area contributed by atoms with Crippen molar-refractivity contribution in [1.82, 2.24) is 0 Å². The van der Waals surface area contributed by atoms with E-state index in [0.29, 0.717) is 0 Å². The molecule has 1 unspecified atom stereocenters. The minimum Gasteiger partial charge on any atom is -0.283 e. The van der Waals surface area contributed by atoms with Gasteiger partial charge in [0.2, 0.25) is 0 Å². The first-order chi connectivity index (χ1) is 8.29. The fourth-order valence-corrected chi connectivity index (χ4v) is 2.67. The molecule has 1 atom stereocenters. The molecule has 1 aromatic carbocycles. The van der Waals surface area contributed by atoms with Gasteiger partial charge in [0.05, 0.1) is 0 Å². The van der Waals surface area contributed by atoms with Gasteiger partial charge >= 0.3 is 8.69 Å². The van der Waals surface area contributed by atoms with Gasteiger partial charge in [0.25, 0.3) is 0 Å². The molecule has 0 radical (unpaired) electrons. The molecule has 0 aliphatic heterocycles. The molecule has 1 aromatic rings. The SMILES string of the molecule is CCCCC(CCC)(OP=O)c1ccccc1. The van der Waals surface area contributed by atoms with Crippen molar-refractivity contribution in [3.8, 4) is 0 Å². The number of hydrogen-bond donors (Lipinski definition) is 0. The van der Waals surface area contributed by atoms with Crippen molar-refractivity contribution >= 4 is 8.69 Å². The van der Waals surface area contributed by atoms with Crippen LogP contribution in [0.2, 0.25) is 0 Å². The molecule has 0 aromatic heterocycles. The van der Waals surface area contributed by atoms with Gasteiger partial charge in [-0.2, -0.15) is 0 Å². The average molecular weight is 252 g/mol. The summed E-state index contributed by atoms with van der Waals surface area (Å²) in [5, 5.41) is 0. The van der Waals surface area contributed by atoms with Crippen LogP contribution < -0.4 is 0 Å². The lowest BCUT2D eigenvalue weighted by Crippen LogP contribution is -2.26. The summed E-state index contributed by atoms with van der Waals surface area (Å²) in [6, 6.07) is 10.1. The van der Waals surface area contributed by atoms with Gasteiger partial charge in [0.1, 0.15) is 5.60 Å². The van der Waals surface area contributed by atoms with Crippen LogP contribution in [-0.2, 0) is 14.7 Å². The van der Waals surface area contributed by atoms with Crippen molar-refractivity contribution in [2.45, 2.75) is 51.6 Å². The van der Waals surface area contributed by atoms with E-state index in [1.54, 1.807) is 0 Å². The van der Waals surface area contributed by atoms with Gasteiger partial charge in [-0.15, -0.1) is 0 Å². The Morgan fingerprint density at radius 3 is 2.35 bits per heavy atom. The monoisotopic (exact) mass is 252 g/mol. The molecule has 0 heterocycles. The zero-order valence-electron chi connectivity index (χ0n) is 10.7. The van der Waals surface area contributed by atoms with Crippen LogP contribution in [0.15, 0.2) is 30.3 Å². The second kappa shape index (κ2) is 7.58. The smallest absolute Gasteiger partial charge is 0.283 e. The Balaban J connectivity index is 2.99. The molecule has 17 heavy (non-hydrogen) atoms. The lowest BCUT2D eigenvalue weighted by Gasteiger charge is -2.31. The van der Waals surface area contributed by atoms with Crippen LogP contribution in [0.3, 0.4) is 0 Å². The summed E-state index contributed by atoms with van der Waals surface area (Å²) >= 11 is 0. The van der Waals surface area contributed by atoms with Gasteiger partial charge in [-0.05, 0) is 18.4 Å². The topological polar surface area (TPSA) is 26.3 Å². The van der Waals surface area contributed by atoms with Crippen LogP contribution in [0.25, 0.3) is 0 Å². The highest BCUT2D eigenvalue weighted by molar-refractivity contribution is 7.17. The molecule has 3 heteroatoms. The summed E-state index contributed by atoms with van der Waals surface area (Å²) in [5.74, 6) is 0. The molecular weight excluding hydrogens is 231 g/mol. The number of benzene rings is 1. The van der Waals surface area contributed by atoms with Crippen molar-refractivity contribution in [1.29, 1.82) is 0 Å². The highest BCUT2D eigenvalue weighted by Crippen LogP contribution is 2.38. The third-order valence-corrected chi connectivity index (χ3v) is 3.52. The summed E-state index contributed by atoms with van der Waals surface area (Å²) in [6.45, 7) is 4.30. The van der Waals surface area contributed by atoms with Gasteiger partial charge < -0.3 is 0 Å². The van der Waals surface area contributed by atoms with E-state index in [9.17, 15) is 4.57 Å². The van der Waals surface area contributed by atoms with E-state index in [-0.39, 0.29) is 14.3 Å². The maximum atomic E-state index is 10.9. The highest BCUT2D eigenvalue weighted by atomic mass is 31.1. The van der Waals surface area contributed by atoms with Gasteiger partial charge in [0, 0.05) is 0 Å². The van der Waals surface area contributed by atoms with Crippen LogP contribution >= 0.6 is 8.69 Å². The van der Waals surface area contributed by atoms with E-state index in [0.717, 1.165) is 37.7 Å². The van der Waals surface area contributed by atoms with E-state index in [2.05, 4.69) is 26.0 Å². The first kappa shape index (κ1) is 14.3. The third-order valence-electron chi connectivity index (χ3n) is 3.10. The molecule has 0 aliphatic carbocycles. The maximum Gasteiger partial charge on any atom is 0.328 e. The Hall–Kier alpha value is -0.720. The predicted octanol–water partition coefficient (Wildman–Crippen LogP) is 5.10. The third kappa shape index (κ3) is 3.90. The van der Waals surface area contributed by atoms with Gasteiger partial charge in [-0.25, -0.2) is 4.57 Å². The van der Waals surface area contributed by atoms with Crippen LogP contribution in [-0.4, -0.2) is 0 Å². The second-order valence-electron chi connectivity index (χ2n) is 4.38. The maximum absolute atomic E-state index is 10.9. The van der Waals surface area contributed by atoms with E-state index in [1.165, 1.54) is 0 Å². The van der Waals surface area contributed by atoms with Gasteiger partial charge in [-0.1, -0.05) is 63.4 Å². The first-order valence-corrected chi connectivity index (χ1v) is 7.08. The molecule has 2 nitrogen and oxygen atoms in total. The average Bonchev–Trinajstić information content (AvgIpc) is 2.37. The molecular formula is C14H21O2P. The number of hydrogen-bond acceptors (Lipinski definition) is 2. The quantitative estimate of drug-likeness (QED) is 0.602. The van der Waals surface area contributed by atoms with Crippen LogP contribution in [0.5, 0.6) is 0 Å². The first-order valence-electron chi connectivity index (χ1n) is 6.35. The highest BCUT2D eigenvalue weighted by Gasteiger charge is 2.32. The summed E-state index contributed by atoms with van der Waals surface area (Å²) in [6.07, 6.45) is 5.07. The fraction of sp³-hybridized carbons (Fsp3) is 0.571. The number of unbranched alkanes of at least 4 members (excludes halogenated alkanes) is 1. The molecule has 0 spiro atoms.